The number of carbonyl (C=O) groups is 1. The van der Waals surface area contributed by atoms with Gasteiger partial charge < -0.3 is 5.32 Å². The fourth-order valence-electron chi connectivity index (χ4n) is 1.76. The molecule has 2 rings (SSSR count). The van der Waals surface area contributed by atoms with E-state index in [1.54, 1.807) is 11.3 Å². The van der Waals surface area contributed by atoms with Gasteiger partial charge in [0.05, 0.1) is 12.1 Å². The molecule has 5 heteroatoms. The van der Waals surface area contributed by atoms with Crippen LogP contribution in [0.15, 0.2) is 29.6 Å². The molecule has 0 atom stereocenters. The fourth-order valence-corrected chi connectivity index (χ4v) is 2.85. The van der Waals surface area contributed by atoms with Crippen LogP contribution in [0, 0.1) is 5.82 Å². The molecule has 0 unspecified atom stereocenters. The predicted octanol–water partition coefficient (Wildman–Crippen LogP) is 4.03. The third-order valence-corrected chi connectivity index (χ3v) is 4.00. The number of carbonyl (C=O) groups excluding carboxylic acids is 1. The Morgan fingerprint density at radius 2 is 2.21 bits per heavy atom. The maximum absolute atomic E-state index is 13.5. The molecular weight excluding hydrogens is 285 g/mol. The highest BCUT2D eigenvalue weighted by atomic mass is 35.5. The number of rotatable bonds is 4. The Labute approximate surface area is 120 Å². The average molecular weight is 298 g/mol. The van der Waals surface area contributed by atoms with Crippen LogP contribution in [-0.4, -0.2) is 5.91 Å². The van der Waals surface area contributed by atoms with Gasteiger partial charge in [-0.25, -0.2) is 4.39 Å². The molecule has 2 aromatic rings. The van der Waals surface area contributed by atoms with Crippen molar-refractivity contribution >= 4 is 28.8 Å². The molecule has 0 saturated heterocycles. The van der Waals surface area contributed by atoms with Gasteiger partial charge in [-0.15, -0.1) is 11.3 Å². The molecular formula is C14H13ClFNOS. The van der Waals surface area contributed by atoms with Crippen LogP contribution in [0.4, 0.5) is 4.39 Å². The largest absolute Gasteiger partial charge is 0.347 e. The number of halogens is 2. The zero-order chi connectivity index (χ0) is 13.8. The average Bonchev–Trinajstić information content (AvgIpc) is 2.86. The number of hydrogen-bond donors (Lipinski definition) is 1. The summed E-state index contributed by atoms with van der Waals surface area (Å²) in [6.07, 6.45) is 0.917. The quantitative estimate of drug-likeness (QED) is 0.907. The van der Waals surface area contributed by atoms with Gasteiger partial charge in [0.15, 0.2) is 0 Å². The number of nitrogens with one attached hydrogen (secondary N) is 1. The summed E-state index contributed by atoms with van der Waals surface area (Å²) in [6.45, 7) is 2.47. The van der Waals surface area contributed by atoms with Gasteiger partial charge in [0.25, 0.3) is 5.91 Å². The van der Waals surface area contributed by atoms with Crippen molar-refractivity contribution in [2.45, 2.75) is 19.9 Å². The first-order chi connectivity index (χ1) is 9.11. The van der Waals surface area contributed by atoms with E-state index in [0.717, 1.165) is 11.3 Å². The summed E-state index contributed by atoms with van der Waals surface area (Å²) in [6, 6.07) is 5.98. The molecule has 1 aromatic carbocycles. The van der Waals surface area contributed by atoms with Gasteiger partial charge in [0.2, 0.25) is 0 Å². The standard InChI is InChI=1S/C14H13ClFNOS/c1-2-9-5-6-19-13(9)8-17-14(18)11-7-10(15)3-4-12(11)16/h3-7H,2,8H2,1H3,(H,17,18). The molecule has 0 saturated carbocycles. The van der Waals surface area contributed by atoms with E-state index in [1.165, 1.54) is 23.8 Å². The molecule has 0 aliphatic carbocycles. The topological polar surface area (TPSA) is 29.1 Å². The van der Waals surface area contributed by atoms with Gasteiger partial charge >= 0.3 is 0 Å². The number of amides is 1. The SMILES string of the molecule is CCc1ccsc1CNC(=O)c1cc(Cl)ccc1F. The van der Waals surface area contributed by atoms with Crippen LogP contribution in [0.1, 0.15) is 27.7 Å². The fraction of sp³-hybridized carbons (Fsp3) is 0.214. The van der Waals surface area contributed by atoms with Crippen LogP contribution < -0.4 is 5.32 Å². The van der Waals surface area contributed by atoms with Crippen LogP contribution in [0.3, 0.4) is 0 Å². The number of benzene rings is 1. The van der Waals surface area contributed by atoms with E-state index in [4.69, 9.17) is 11.6 Å². The van der Waals surface area contributed by atoms with Crippen LogP contribution in [-0.2, 0) is 13.0 Å². The molecule has 19 heavy (non-hydrogen) atoms. The summed E-state index contributed by atoms with van der Waals surface area (Å²) in [7, 11) is 0. The lowest BCUT2D eigenvalue weighted by Gasteiger charge is -2.06. The Bertz CT molecular complexity index is 597. The molecule has 0 bridgehead atoms. The Kier molecular flexibility index (Phi) is 4.56. The molecule has 1 amide bonds. The first-order valence-electron chi connectivity index (χ1n) is 5.90. The Hall–Kier alpha value is -1.39. The molecule has 0 aliphatic rings. The monoisotopic (exact) mass is 297 g/mol. The second-order valence-corrected chi connectivity index (χ2v) is 5.47. The van der Waals surface area contributed by atoms with Crippen molar-refractivity contribution in [3.8, 4) is 0 Å². The van der Waals surface area contributed by atoms with E-state index in [9.17, 15) is 9.18 Å². The van der Waals surface area contributed by atoms with E-state index in [1.807, 2.05) is 11.4 Å². The maximum atomic E-state index is 13.5. The minimum atomic E-state index is -0.566. The molecule has 1 N–H and O–H groups in total. The molecule has 100 valence electrons. The first-order valence-corrected chi connectivity index (χ1v) is 7.16. The summed E-state index contributed by atoms with van der Waals surface area (Å²) in [4.78, 5) is 13.0. The normalized spacial score (nSPS) is 10.5. The lowest BCUT2D eigenvalue weighted by atomic mass is 10.2. The Morgan fingerprint density at radius 1 is 1.42 bits per heavy atom. The summed E-state index contributed by atoms with van der Waals surface area (Å²) in [5, 5.41) is 5.05. The van der Waals surface area contributed by atoms with Gasteiger partial charge in [-0.3, -0.25) is 4.79 Å². The van der Waals surface area contributed by atoms with Crippen molar-refractivity contribution in [2.24, 2.45) is 0 Å². The number of aryl methyl sites for hydroxylation is 1. The third kappa shape index (κ3) is 3.33. The van der Waals surface area contributed by atoms with Crippen LogP contribution in [0.2, 0.25) is 5.02 Å². The van der Waals surface area contributed by atoms with Gasteiger partial charge in [-0.1, -0.05) is 18.5 Å². The van der Waals surface area contributed by atoms with E-state index in [0.29, 0.717) is 11.6 Å². The second-order valence-electron chi connectivity index (χ2n) is 4.03. The van der Waals surface area contributed by atoms with E-state index >= 15 is 0 Å². The summed E-state index contributed by atoms with van der Waals surface area (Å²) >= 11 is 7.35. The molecule has 0 radical (unpaired) electrons. The molecule has 0 fully saturated rings. The lowest BCUT2D eigenvalue weighted by molar-refractivity contribution is 0.0947. The lowest BCUT2D eigenvalue weighted by Crippen LogP contribution is -2.23. The van der Waals surface area contributed by atoms with Gasteiger partial charge in [-0.2, -0.15) is 0 Å². The molecule has 1 aromatic heterocycles. The minimum Gasteiger partial charge on any atom is -0.347 e. The van der Waals surface area contributed by atoms with E-state index in [-0.39, 0.29) is 5.56 Å². The highest BCUT2D eigenvalue weighted by Gasteiger charge is 2.12. The second kappa shape index (κ2) is 6.17. The zero-order valence-electron chi connectivity index (χ0n) is 10.4. The van der Waals surface area contributed by atoms with Crippen molar-refractivity contribution in [2.75, 3.05) is 0 Å². The van der Waals surface area contributed by atoms with E-state index < -0.39 is 11.7 Å². The van der Waals surface area contributed by atoms with Crippen molar-refractivity contribution in [3.63, 3.8) is 0 Å². The van der Waals surface area contributed by atoms with Crippen LogP contribution in [0.5, 0.6) is 0 Å². The first kappa shape index (κ1) is 14.0. The van der Waals surface area contributed by atoms with Crippen molar-refractivity contribution < 1.29 is 9.18 Å². The van der Waals surface area contributed by atoms with Gasteiger partial charge in [-0.05, 0) is 41.6 Å². The van der Waals surface area contributed by atoms with Crippen molar-refractivity contribution in [1.29, 1.82) is 0 Å². The maximum Gasteiger partial charge on any atom is 0.254 e. The van der Waals surface area contributed by atoms with Gasteiger partial charge in [0, 0.05) is 9.90 Å². The van der Waals surface area contributed by atoms with E-state index in [2.05, 4.69) is 12.2 Å². The van der Waals surface area contributed by atoms with Crippen molar-refractivity contribution in [3.05, 3.63) is 56.5 Å². The van der Waals surface area contributed by atoms with Gasteiger partial charge in [0.1, 0.15) is 5.82 Å². The Balaban J connectivity index is 2.07. The predicted molar refractivity (Wildman–Crippen MR) is 76.3 cm³/mol. The smallest absolute Gasteiger partial charge is 0.254 e. The highest BCUT2D eigenvalue weighted by Crippen LogP contribution is 2.18. The van der Waals surface area contributed by atoms with Crippen LogP contribution in [0.25, 0.3) is 0 Å². The molecule has 1 heterocycles. The summed E-state index contributed by atoms with van der Waals surface area (Å²) in [5.74, 6) is -1.01. The zero-order valence-corrected chi connectivity index (χ0v) is 11.9. The number of thiophene rings is 1. The molecule has 2 nitrogen and oxygen atoms in total. The van der Waals surface area contributed by atoms with Crippen molar-refractivity contribution in [1.82, 2.24) is 5.32 Å². The number of hydrogen-bond acceptors (Lipinski definition) is 2. The molecule has 0 aliphatic heterocycles. The van der Waals surface area contributed by atoms with Crippen LogP contribution >= 0.6 is 22.9 Å². The minimum absolute atomic E-state index is 0.0258. The Morgan fingerprint density at radius 3 is 2.95 bits per heavy atom. The summed E-state index contributed by atoms with van der Waals surface area (Å²) in [5.41, 5.74) is 1.18. The summed E-state index contributed by atoms with van der Waals surface area (Å²) < 4.78 is 13.5. The highest BCUT2D eigenvalue weighted by molar-refractivity contribution is 7.10. The third-order valence-electron chi connectivity index (χ3n) is 2.80. The molecule has 0 spiro atoms.